The minimum atomic E-state index is -3.66. The molecule has 0 saturated carbocycles. The van der Waals surface area contributed by atoms with Crippen LogP contribution in [-0.2, 0) is 14.8 Å². The van der Waals surface area contributed by atoms with Crippen LogP contribution in [0.25, 0.3) is 0 Å². The monoisotopic (exact) mass is 315 g/mol. The normalized spacial score (nSPS) is 11.3. The van der Waals surface area contributed by atoms with Crippen LogP contribution in [0.15, 0.2) is 29.2 Å². The van der Waals surface area contributed by atoms with Crippen LogP contribution in [0, 0.1) is 0 Å². The molecule has 20 heavy (non-hydrogen) atoms. The molecule has 3 N–H and O–H groups in total. The first-order chi connectivity index (χ1) is 9.28. The smallest absolute Gasteiger partial charge is 0.242 e. The fraction of sp³-hybridized carbons (Fsp3) is 0.333. The van der Waals surface area contributed by atoms with Gasteiger partial charge in [0.05, 0.1) is 4.90 Å². The second-order valence-electron chi connectivity index (χ2n) is 4.14. The average molecular weight is 315 g/mol. The summed E-state index contributed by atoms with van der Waals surface area (Å²) in [4.78, 5) is 11.4. The summed E-state index contributed by atoms with van der Waals surface area (Å²) in [6.07, 6.45) is 0.0984. The number of sulfonamides is 1. The highest BCUT2D eigenvalue weighted by Crippen LogP contribution is 2.16. The first-order valence-corrected chi connectivity index (χ1v) is 7.70. The summed E-state index contributed by atoms with van der Waals surface area (Å²) >= 11 is 4.83. The van der Waals surface area contributed by atoms with Crippen LogP contribution in [0.1, 0.15) is 12.0 Å². The molecular formula is C12H17N3O3S2. The summed E-state index contributed by atoms with van der Waals surface area (Å²) in [5, 5.41) is 2.44. The molecule has 0 bridgehead atoms. The summed E-state index contributed by atoms with van der Waals surface area (Å²) in [7, 11) is -0.736. The largest absolute Gasteiger partial charge is 0.389 e. The molecular weight excluding hydrogens is 298 g/mol. The second-order valence-corrected chi connectivity index (χ2v) is 6.63. The Morgan fingerprint density at radius 1 is 1.45 bits per heavy atom. The number of carbonyl (C=O) groups excluding carboxylic acids is 1. The zero-order valence-electron chi connectivity index (χ0n) is 11.3. The maximum atomic E-state index is 12.3. The van der Waals surface area contributed by atoms with Crippen molar-refractivity contribution in [2.45, 2.75) is 11.3 Å². The molecule has 0 radical (unpaired) electrons. The van der Waals surface area contributed by atoms with Gasteiger partial charge in [0.1, 0.15) is 4.99 Å². The molecule has 0 spiro atoms. The van der Waals surface area contributed by atoms with Crippen molar-refractivity contribution < 1.29 is 13.2 Å². The lowest BCUT2D eigenvalue weighted by Gasteiger charge is -2.17. The van der Waals surface area contributed by atoms with Crippen LogP contribution in [-0.4, -0.2) is 44.3 Å². The molecule has 0 saturated heterocycles. The van der Waals surface area contributed by atoms with Crippen LogP contribution in [0.4, 0.5) is 0 Å². The third kappa shape index (κ3) is 3.99. The number of carbonyl (C=O) groups is 1. The van der Waals surface area contributed by atoms with Gasteiger partial charge >= 0.3 is 0 Å². The van der Waals surface area contributed by atoms with Gasteiger partial charge in [-0.2, -0.15) is 0 Å². The topological polar surface area (TPSA) is 92.5 Å². The van der Waals surface area contributed by atoms with Crippen LogP contribution in [0.5, 0.6) is 0 Å². The summed E-state index contributed by atoms with van der Waals surface area (Å²) in [5.74, 6) is -0.219. The highest BCUT2D eigenvalue weighted by atomic mass is 32.2. The number of nitrogens with zero attached hydrogens (tertiary/aromatic N) is 1. The number of benzene rings is 1. The van der Waals surface area contributed by atoms with Gasteiger partial charge in [-0.25, -0.2) is 12.7 Å². The fourth-order valence-corrected chi connectivity index (χ4v) is 2.84. The van der Waals surface area contributed by atoms with Crippen LogP contribution < -0.4 is 11.1 Å². The van der Waals surface area contributed by atoms with Crippen molar-refractivity contribution in [2.24, 2.45) is 5.73 Å². The number of hydrogen-bond donors (Lipinski definition) is 2. The van der Waals surface area contributed by atoms with Crippen molar-refractivity contribution in [3.05, 3.63) is 29.8 Å². The van der Waals surface area contributed by atoms with E-state index in [1.807, 2.05) is 0 Å². The molecule has 1 aromatic rings. The molecule has 1 aromatic carbocycles. The molecule has 8 heteroatoms. The Balaban J connectivity index is 2.95. The number of amides is 1. The minimum absolute atomic E-state index is 0.0965. The molecule has 0 aliphatic carbocycles. The van der Waals surface area contributed by atoms with Gasteiger partial charge in [0, 0.05) is 32.6 Å². The van der Waals surface area contributed by atoms with Crippen molar-refractivity contribution in [3.63, 3.8) is 0 Å². The lowest BCUT2D eigenvalue weighted by Crippen LogP contribution is -2.31. The average Bonchev–Trinajstić information content (AvgIpc) is 2.44. The molecule has 0 heterocycles. The van der Waals surface area contributed by atoms with Gasteiger partial charge in [0.25, 0.3) is 0 Å². The van der Waals surface area contributed by atoms with Crippen LogP contribution in [0.3, 0.4) is 0 Å². The van der Waals surface area contributed by atoms with E-state index in [9.17, 15) is 13.2 Å². The third-order valence-electron chi connectivity index (χ3n) is 2.76. The summed E-state index contributed by atoms with van der Waals surface area (Å²) in [6, 6.07) is 6.11. The van der Waals surface area contributed by atoms with E-state index in [1.165, 1.54) is 26.2 Å². The number of thiocarbonyl (C=S) groups is 1. The highest BCUT2D eigenvalue weighted by Gasteiger charge is 2.21. The summed E-state index contributed by atoms with van der Waals surface area (Å²) in [5.41, 5.74) is 5.98. The van der Waals surface area contributed by atoms with Crippen molar-refractivity contribution in [1.82, 2.24) is 9.62 Å². The van der Waals surface area contributed by atoms with E-state index in [0.29, 0.717) is 5.56 Å². The Labute approximate surface area is 124 Å². The highest BCUT2D eigenvalue weighted by molar-refractivity contribution is 7.89. The quantitative estimate of drug-likeness (QED) is 0.725. The summed E-state index contributed by atoms with van der Waals surface area (Å²) in [6.45, 7) is 0.0965. The van der Waals surface area contributed by atoms with E-state index in [2.05, 4.69) is 5.32 Å². The Kier molecular flexibility index (Phi) is 5.61. The number of hydrogen-bond acceptors (Lipinski definition) is 4. The van der Waals surface area contributed by atoms with E-state index in [0.717, 1.165) is 4.31 Å². The zero-order chi connectivity index (χ0) is 15.3. The van der Waals surface area contributed by atoms with Gasteiger partial charge in [-0.3, -0.25) is 4.79 Å². The van der Waals surface area contributed by atoms with Gasteiger partial charge in [-0.15, -0.1) is 0 Å². The Morgan fingerprint density at radius 2 is 2.10 bits per heavy atom. The molecule has 6 nitrogen and oxygen atoms in total. The van der Waals surface area contributed by atoms with E-state index in [4.69, 9.17) is 18.0 Å². The molecule has 1 rings (SSSR count). The minimum Gasteiger partial charge on any atom is -0.389 e. The molecule has 110 valence electrons. The Morgan fingerprint density at radius 3 is 2.65 bits per heavy atom. The van der Waals surface area contributed by atoms with Crippen molar-refractivity contribution in [3.8, 4) is 0 Å². The van der Waals surface area contributed by atoms with E-state index >= 15 is 0 Å². The van der Waals surface area contributed by atoms with Gasteiger partial charge < -0.3 is 11.1 Å². The number of nitrogens with two attached hydrogens (primary N) is 1. The standard InChI is InChI=1S/C12H17N3O3S2/c1-14-11(16)6-7-15(2)20(17,18)10-5-3-4-9(8-10)12(13)19/h3-5,8H,6-7H2,1-2H3,(H2,13,19)(H,14,16). The molecule has 0 unspecified atom stereocenters. The molecule has 1 amide bonds. The first-order valence-electron chi connectivity index (χ1n) is 5.86. The second kappa shape index (κ2) is 6.78. The van der Waals surface area contributed by atoms with Crippen LogP contribution in [0.2, 0.25) is 0 Å². The predicted octanol–water partition coefficient (Wildman–Crippen LogP) is 0.0774. The predicted molar refractivity (Wildman–Crippen MR) is 80.8 cm³/mol. The molecule has 0 fully saturated rings. The van der Waals surface area contributed by atoms with Crippen LogP contribution >= 0.6 is 12.2 Å². The zero-order valence-corrected chi connectivity index (χ0v) is 12.9. The molecule has 0 aromatic heterocycles. The molecule has 0 aliphatic rings. The van der Waals surface area contributed by atoms with E-state index in [-0.39, 0.29) is 28.8 Å². The maximum absolute atomic E-state index is 12.3. The third-order valence-corrected chi connectivity index (χ3v) is 4.85. The maximum Gasteiger partial charge on any atom is 0.242 e. The van der Waals surface area contributed by atoms with Gasteiger partial charge in [0.2, 0.25) is 15.9 Å². The van der Waals surface area contributed by atoms with Crippen molar-refractivity contribution in [1.29, 1.82) is 0 Å². The van der Waals surface area contributed by atoms with Crippen molar-refractivity contribution in [2.75, 3.05) is 20.6 Å². The Bertz CT molecular complexity index is 614. The van der Waals surface area contributed by atoms with E-state index < -0.39 is 10.0 Å². The lowest BCUT2D eigenvalue weighted by molar-refractivity contribution is -0.120. The fourth-order valence-electron chi connectivity index (χ4n) is 1.49. The number of rotatable bonds is 6. The first kappa shape index (κ1) is 16.5. The van der Waals surface area contributed by atoms with Gasteiger partial charge in [-0.1, -0.05) is 24.4 Å². The lowest BCUT2D eigenvalue weighted by atomic mass is 10.2. The van der Waals surface area contributed by atoms with Crippen molar-refractivity contribution >= 4 is 33.1 Å². The number of nitrogens with one attached hydrogen (secondary N) is 1. The molecule has 0 atom stereocenters. The SMILES string of the molecule is CNC(=O)CCN(C)S(=O)(=O)c1cccc(C(N)=S)c1. The Hall–Kier alpha value is -1.51. The van der Waals surface area contributed by atoms with Gasteiger partial charge in [0.15, 0.2) is 0 Å². The van der Waals surface area contributed by atoms with Gasteiger partial charge in [-0.05, 0) is 12.1 Å². The summed E-state index contributed by atoms with van der Waals surface area (Å²) < 4.78 is 25.8. The molecule has 0 aliphatic heterocycles. The van der Waals surface area contributed by atoms with E-state index in [1.54, 1.807) is 12.1 Å².